The van der Waals surface area contributed by atoms with Crippen LogP contribution in [0.15, 0.2) is 59.7 Å². The molecule has 3 N–H and O–H groups in total. The van der Waals surface area contributed by atoms with Gasteiger partial charge in [-0.15, -0.1) is 0 Å². The summed E-state index contributed by atoms with van der Waals surface area (Å²) in [5.74, 6) is 0. The zero-order valence-corrected chi connectivity index (χ0v) is 13.9. The van der Waals surface area contributed by atoms with Crippen LogP contribution in [0.25, 0.3) is 16.7 Å². The number of nitrogens with one attached hydrogen (secondary N) is 3. The first-order valence-electron chi connectivity index (χ1n) is 8.20. The lowest BCUT2D eigenvalue weighted by atomic mass is 10.2. The molecular formula is C19H19N5O. The maximum Gasteiger partial charge on any atom is 0.323 e. The first kappa shape index (κ1) is 15.4. The highest BCUT2D eigenvalue weighted by Gasteiger charge is 2.03. The van der Waals surface area contributed by atoms with E-state index in [4.69, 9.17) is 0 Å². The summed E-state index contributed by atoms with van der Waals surface area (Å²) in [5.41, 5.74) is 6.00. The van der Waals surface area contributed by atoms with Gasteiger partial charge in [-0.2, -0.15) is 5.10 Å². The number of nitrogens with zero attached hydrogens (tertiary/aromatic N) is 2. The number of hydrogen-bond acceptors (Lipinski definition) is 3. The summed E-state index contributed by atoms with van der Waals surface area (Å²) in [6.45, 7) is 3.52. The number of H-pyrrole nitrogens is 2. The normalized spacial score (nSPS) is 11.2. The Hall–Kier alpha value is -3.12. The van der Waals surface area contributed by atoms with Crippen molar-refractivity contribution in [1.29, 1.82) is 0 Å². The lowest BCUT2D eigenvalue weighted by molar-refractivity contribution is 0.693. The number of imidazole rings is 1. The monoisotopic (exact) mass is 333 g/mol. The summed E-state index contributed by atoms with van der Waals surface area (Å²) in [4.78, 5) is 16.8. The molecule has 25 heavy (non-hydrogen) atoms. The second-order valence-electron chi connectivity index (χ2n) is 6.19. The van der Waals surface area contributed by atoms with Gasteiger partial charge in [0.25, 0.3) is 0 Å². The minimum Gasteiger partial charge on any atom is -0.309 e. The highest BCUT2D eigenvalue weighted by Crippen LogP contribution is 2.12. The number of fused-ring (bicyclic) bond motifs is 1. The molecule has 2 aromatic carbocycles. The maximum absolute atomic E-state index is 11.3. The van der Waals surface area contributed by atoms with Gasteiger partial charge in [0.2, 0.25) is 0 Å². The summed E-state index contributed by atoms with van der Waals surface area (Å²) in [6.07, 6.45) is 3.91. The third kappa shape index (κ3) is 3.39. The van der Waals surface area contributed by atoms with E-state index in [1.165, 1.54) is 5.56 Å². The third-order valence-electron chi connectivity index (χ3n) is 4.14. The average Bonchev–Trinajstić information content (AvgIpc) is 3.20. The number of hydrogen-bond donors (Lipinski definition) is 3. The molecule has 6 nitrogen and oxygen atoms in total. The zero-order chi connectivity index (χ0) is 17.2. The Labute approximate surface area is 144 Å². The Morgan fingerprint density at radius 2 is 1.88 bits per heavy atom. The highest BCUT2D eigenvalue weighted by atomic mass is 16.1. The van der Waals surface area contributed by atoms with Crippen molar-refractivity contribution in [2.75, 3.05) is 0 Å². The van der Waals surface area contributed by atoms with Crippen molar-refractivity contribution in [2.45, 2.75) is 20.0 Å². The Kier molecular flexibility index (Phi) is 3.95. The molecule has 6 heteroatoms. The Morgan fingerprint density at radius 1 is 1.04 bits per heavy atom. The molecule has 0 aliphatic rings. The molecule has 0 amide bonds. The zero-order valence-electron chi connectivity index (χ0n) is 13.9. The van der Waals surface area contributed by atoms with Crippen LogP contribution in [0.4, 0.5) is 0 Å². The van der Waals surface area contributed by atoms with Gasteiger partial charge in [0.15, 0.2) is 0 Å². The topological polar surface area (TPSA) is 78.5 Å². The smallest absolute Gasteiger partial charge is 0.309 e. The lowest BCUT2D eigenvalue weighted by Crippen LogP contribution is -2.12. The first-order valence-corrected chi connectivity index (χ1v) is 8.20. The molecule has 4 aromatic rings. The average molecular weight is 333 g/mol. The van der Waals surface area contributed by atoms with Crippen LogP contribution in [0, 0.1) is 6.92 Å². The van der Waals surface area contributed by atoms with Gasteiger partial charge in [0.05, 0.1) is 22.9 Å². The lowest BCUT2D eigenvalue weighted by Gasteiger charge is -2.04. The number of aromatic amines is 2. The molecule has 0 unspecified atom stereocenters. The fourth-order valence-corrected chi connectivity index (χ4v) is 2.90. The molecule has 2 aromatic heterocycles. The van der Waals surface area contributed by atoms with Gasteiger partial charge in [0, 0.05) is 24.8 Å². The molecule has 0 saturated heterocycles. The fourth-order valence-electron chi connectivity index (χ4n) is 2.90. The second-order valence-corrected chi connectivity index (χ2v) is 6.19. The van der Waals surface area contributed by atoms with Crippen molar-refractivity contribution in [3.8, 4) is 5.69 Å². The second kappa shape index (κ2) is 6.41. The fraction of sp³-hybridized carbons (Fsp3) is 0.158. The maximum atomic E-state index is 11.3. The van der Waals surface area contributed by atoms with Crippen LogP contribution in [0.1, 0.15) is 16.7 Å². The molecule has 0 saturated carbocycles. The van der Waals surface area contributed by atoms with Gasteiger partial charge in [-0.1, -0.05) is 18.2 Å². The summed E-state index contributed by atoms with van der Waals surface area (Å²) in [5, 5.41) is 7.84. The van der Waals surface area contributed by atoms with Gasteiger partial charge in [-0.25, -0.2) is 9.48 Å². The minimum absolute atomic E-state index is 0.177. The van der Waals surface area contributed by atoms with E-state index in [9.17, 15) is 4.79 Å². The molecule has 4 rings (SSSR count). The number of aromatic nitrogens is 4. The van der Waals surface area contributed by atoms with Crippen molar-refractivity contribution in [1.82, 2.24) is 25.1 Å². The predicted molar refractivity (Wildman–Crippen MR) is 97.8 cm³/mol. The van der Waals surface area contributed by atoms with E-state index < -0.39 is 0 Å². The van der Waals surface area contributed by atoms with Crippen molar-refractivity contribution >= 4 is 11.0 Å². The predicted octanol–water partition coefficient (Wildman–Crippen LogP) is 2.64. The van der Waals surface area contributed by atoms with E-state index in [1.807, 2.05) is 47.4 Å². The van der Waals surface area contributed by atoms with Crippen LogP contribution in [0.3, 0.4) is 0 Å². The van der Waals surface area contributed by atoms with E-state index >= 15 is 0 Å². The van der Waals surface area contributed by atoms with Crippen molar-refractivity contribution in [3.05, 3.63) is 82.0 Å². The van der Waals surface area contributed by atoms with E-state index in [2.05, 4.69) is 39.4 Å². The number of aryl methyl sites for hydroxylation is 1. The molecule has 0 atom stereocenters. The molecular weight excluding hydrogens is 314 g/mol. The summed E-state index contributed by atoms with van der Waals surface area (Å²) in [6, 6.07) is 14.2. The molecule has 0 bridgehead atoms. The van der Waals surface area contributed by atoms with Crippen molar-refractivity contribution in [2.24, 2.45) is 0 Å². The molecule has 0 fully saturated rings. The van der Waals surface area contributed by atoms with E-state index in [0.717, 1.165) is 40.9 Å². The van der Waals surface area contributed by atoms with Crippen LogP contribution in [-0.2, 0) is 13.1 Å². The van der Waals surface area contributed by atoms with Gasteiger partial charge < -0.3 is 15.3 Å². The van der Waals surface area contributed by atoms with E-state index in [0.29, 0.717) is 0 Å². The van der Waals surface area contributed by atoms with Crippen LogP contribution >= 0.6 is 0 Å². The number of benzene rings is 2. The largest absolute Gasteiger partial charge is 0.323 e. The van der Waals surface area contributed by atoms with Crippen LogP contribution in [-0.4, -0.2) is 19.7 Å². The SMILES string of the molecule is Cc1cccc(-n2cc(CNCc3ccc4[nH]c(=O)[nH]c4c3)cn2)c1. The molecule has 126 valence electrons. The van der Waals surface area contributed by atoms with Crippen molar-refractivity contribution < 1.29 is 0 Å². The van der Waals surface area contributed by atoms with E-state index in [-0.39, 0.29) is 5.69 Å². The Balaban J connectivity index is 1.40. The van der Waals surface area contributed by atoms with Crippen LogP contribution in [0.2, 0.25) is 0 Å². The number of rotatable bonds is 5. The Bertz CT molecular complexity index is 1070. The minimum atomic E-state index is -0.177. The molecule has 0 aliphatic carbocycles. The van der Waals surface area contributed by atoms with E-state index in [1.54, 1.807) is 0 Å². The summed E-state index contributed by atoms with van der Waals surface area (Å²) in [7, 11) is 0. The van der Waals surface area contributed by atoms with Crippen molar-refractivity contribution in [3.63, 3.8) is 0 Å². The van der Waals surface area contributed by atoms with Crippen LogP contribution in [0.5, 0.6) is 0 Å². The van der Waals surface area contributed by atoms with Gasteiger partial charge >= 0.3 is 5.69 Å². The summed E-state index contributed by atoms with van der Waals surface area (Å²) < 4.78 is 1.89. The first-order chi connectivity index (χ1) is 12.2. The standard InChI is InChI=1S/C19H19N5O/c1-13-3-2-4-16(7-13)24-12-15(11-21-24)10-20-9-14-5-6-17-18(8-14)23-19(25)22-17/h2-8,11-12,20H,9-10H2,1H3,(H2,22,23,25). The molecule has 0 radical (unpaired) electrons. The van der Waals surface area contributed by atoms with Gasteiger partial charge in [-0.05, 0) is 42.3 Å². The summed E-state index contributed by atoms with van der Waals surface area (Å²) >= 11 is 0. The molecule has 0 aliphatic heterocycles. The van der Waals surface area contributed by atoms with Crippen LogP contribution < -0.4 is 11.0 Å². The third-order valence-corrected chi connectivity index (χ3v) is 4.14. The molecule has 0 spiro atoms. The van der Waals surface area contributed by atoms with Gasteiger partial charge in [-0.3, -0.25) is 0 Å². The quantitative estimate of drug-likeness (QED) is 0.525. The Morgan fingerprint density at radius 3 is 2.76 bits per heavy atom. The van der Waals surface area contributed by atoms with Gasteiger partial charge in [0.1, 0.15) is 0 Å². The highest BCUT2D eigenvalue weighted by molar-refractivity contribution is 5.74. The molecule has 2 heterocycles.